The van der Waals surface area contributed by atoms with Gasteiger partial charge in [0, 0.05) is 17.8 Å². The van der Waals surface area contributed by atoms with Gasteiger partial charge in [-0.2, -0.15) is 18.3 Å². The molecule has 3 rings (SSSR count). The number of halogens is 3. The second-order valence-corrected chi connectivity index (χ2v) is 9.27. The van der Waals surface area contributed by atoms with Gasteiger partial charge in [-0.25, -0.2) is 17.8 Å². The number of alkyl halides is 3. The van der Waals surface area contributed by atoms with E-state index in [4.69, 9.17) is 0 Å². The van der Waals surface area contributed by atoms with Crippen LogP contribution in [-0.2, 0) is 16.2 Å². The molecule has 11 heteroatoms. The van der Waals surface area contributed by atoms with Crippen molar-refractivity contribution in [3.05, 3.63) is 70.5 Å². The first-order valence-electron chi connectivity index (χ1n) is 10.00. The summed E-state index contributed by atoms with van der Waals surface area (Å²) < 4.78 is 68.5. The third-order valence-corrected chi connectivity index (χ3v) is 6.45. The van der Waals surface area contributed by atoms with Gasteiger partial charge in [0.2, 0.25) is 10.0 Å². The number of carbonyl (C=O) groups is 1. The van der Waals surface area contributed by atoms with Crippen LogP contribution in [0.1, 0.15) is 39.8 Å². The Balaban J connectivity index is 2.09. The van der Waals surface area contributed by atoms with Crippen molar-refractivity contribution in [2.24, 2.45) is 0 Å². The van der Waals surface area contributed by atoms with Gasteiger partial charge in [-0.3, -0.25) is 4.79 Å². The number of benzene rings is 2. The largest absolute Gasteiger partial charge is 0.416 e. The summed E-state index contributed by atoms with van der Waals surface area (Å²) in [5.74, 6) is -0.747. The molecule has 2 aromatic carbocycles. The van der Waals surface area contributed by atoms with Crippen LogP contribution in [0.2, 0.25) is 0 Å². The summed E-state index contributed by atoms with van der Waals surface area (Å²) in [7, 11) is -3.83. The zero-order valence-corrected chi connectivity index (χ0v) is 19.2. The molecule has 0 saturated carbocycles. The lowest BCUT2D eigenvalue weighted by molar-refractivity contribution is -0.137. The van der Waals surface area contributed by atoms with Crippen molar-refractivity contribution in [3.63, 3.8) is 0 Å². The van der Waals surface area contributed by atoms with Crippen LogP contribution in [0.25, 0.3) is 5.69 Å². The third kappa shape index (κ3) is 5.25. The highest BCUT2D eigenvalue weighted by molar-refractivity contribution is 7.89. The molecular weight excluding hydrogens is 457 g/mol. The molecule has 0 bridgehead atoms. The van der Waals surface area contributed by atoms with Crippen molar-refractivity contribution in [2.45, 2.75) is 38.8 Å². The minimum Gasteiger partial charge on any atom is -0.320 e. The van der Waals surface area contributed by atoms with Crippen LogP contribution >= 0.6 is 0 Å². The minimum absolute atomic E-state index is 0.0192. The standard InChI is InChI=1S/C22H23F3N4O3S/c1-5-26-33(31,32)17-8-6-13(2)18(12-17)21(30)27-19-11-16(22(23,24)25)7-9-20(19)29-15(4)10-14(3)28-29/h6-12,26H,5H2,1-4H3,(H,27,30). The molecule has 0 saturated heterocycles. The molecule has 0 aliphatic carbocycles. The predicted molar refractivity (Wildman–Crippen MR) is 118 cm³/mol. The Morgan fingerprint density at radius 3 is 2.33 bits per heavy atom. The van der Waals surface area contributed by atoms with Crippen molar-refractivity contribution >= 4 is 21.6 Å². The molecule has 1 heterocycles. The lowest BCUT2D eigenvalue weighted by atomic mass is 10.1. The van der Waals surface area contributed by atoms with Gasteiger partial charge in [0.05, 0.1) is 27.5 Å². The number of rotatable bonds is 6. The fourth-order valence-electron chi connectivity index (χ4n) is 3.35. The summed E-state index contributed by atoms with van der Waals surface area (Å²) in [6, 6.07) is 8.75. The average Bonchev–Trinajstić information content (AvgIpc) is 3.05. The van der Waals surface area contributed by atoms with E-state index in [1.807, 2.05) is 0 Å². The van der Waals surface area contributed by atoms with Crippen LogP contribution in [0.5, 0.6) is 0 Å². The molecule has 2 N–H and O–H groups in total. The molecular formula is C22H23F3N4O3S. The number of nitrogens with zero attached hydrogens (tertiary/aromatic N) is 2. The first-order chi connectivity index (χ1) is 15.3. The highest BCUT2D eigenvalue weighted by Gasteiger charge is 2.31. The van der Waals surface area contributed by atoms with Crippen molar-refractivity contribution in [1.82, 2.24) is 14.5 Å². The quantitative estimate of drug-likeness (QED) is 0.548. The van der Waals surface area contributed by atoms with Gasteiger partial charge in [-0.15, -0.1) is 0 Å². The van der Waals surface area contributed by atoms with E-state index < -0.39 is 27.7 Å². The Morgan fingerprint density at radius 2 is 1.76 bits per heavy atom. The molecule has 0 radical (unpaired) electrons. The van der Waals surface area contributed by atoms with E-state index >= 15 is 0 Å². The first-order valence-corrected chi connectivity index (χ1v) is 11.5. The Morgan fingerprint density at radius 1 is 1.06 bits per heavy atom. The Bertz CT molecular complexity index is 1310. The molecule has 0 unspecified atom stereocenters. The molecule has 0 atom stereocenters. The predicted octanol–water partition coefficient (Wildman–Crippen LogP) is 4.37. The molecule has 0 aliphatic rings. The number of aromatic nitrogens is 2. The molecule has 0 aliphatic heterocycles. The summed E-state index contributed by atoms with van der Waals surface area (Å²) in [6.07, 6.45) is -4.62. The molecule has 0 spiro atoms. The number of anilines is 1. The van der Waals surface area contributed by atoms with Crippen molar-refractivity contribution in [1.29, 1.82) is 0 Å². The fourth-order valence-corrected chi connectivity index (χ4v) is 4.41. The van der Waals surface area contributed by atoms with Crippen molar-refractivity contribution in [3.8, 4) is 5.69 Å². The van der Waals surface area contributed by atoms with Crippen LogP contribution in [0.3, 0.4) is 0 Å². The van der Waals surface area contributed by atoms with Gasteiger partial charge in [0.1, 0.15) is 0 Å². The third-order valence-electron chi connectivity index (χ3n) is 4.91. The normalized spacial score (nSPS) is 12.1. The van der Waals surface area contributed by atoms with Crippen LogP contribution in [0.4, 0.5) is 18.9 Å². The smallest absolute Gasteiger partial charge is 0.320 e. The second-order valence-electron chi connectivity index (χ2n) is 7.50. The molecule has 176 valence electrons. The highest BCUT2D eigenvalue weighted by Crippen LogP contribution is 2.34. The second kappa shape index (κ2) is 8.99. The molecule has 0 fully saturated rings. The summed E-state index contributed by atoms with van der Waals surface area (Å²) in [5, 5.41) is 6.80. The van der Waals surface area contributed by atoms with Gasteiger partial charge in [-0.05, 0) is 62.7 Å². The molecule has 7 nitrogen and oxygen atoms in total. The van der Waals surface area contributed by atoms with Crippen LogP contribution < -0.4 is 10.0 Å². The summed E-state index contributed by atoms with van der Waals surface area (Å²) in [4.78, 5) is 12.9. The monoisotopic (exact) mass is 480 g/mol. The van der Waals surface area contributed by atoms with Crippen LogP contribution in [0.15, 0.2) is 47.4 Å². The summed E-state index contributed by atoms with van der Waals surface area (Å²) in [6.45, 7) is 6.86. The average molecular weight is 481 g/mol. The van der Waals surface area contributed by atoms with Gasteiger partial charge in [-0.1, -0.05) is 13.0 Å². The Kier molecular flexibility index (Phi) is 6.66. The summed E-state index contributed by atoms with van der Waals surface area (Å²) >= 11 is 0. The number of hydrogen-bond acceptors (Lipinski definition) is 4. The maximum atomic E-state index is 13.4. The molecule has 3 aromatic rings. The van der Waals surface area contributed by atoms with Crippen LogP contribution in [0, 0.1) is 20.8 Å². The van der Waals surface area contributed by atoms with E-state index in [-0.39, 0.29) is 28.4 Å². The maximum absolute atomic E-state index is 13.4. The molecule has 1 aromatic heterocycles. The van der Waals surface area contributed by atoms with E-state index in [1.54, 1.807) is 33.8 Å². The lowest BCUT2D eigenvalue weighted by Crippen LogP contribution is -2.24. The van der Waals surface area contributed by atoms with E-state index in [9.17, 15) is 26.4 Å². The van der Waals surface area contributed by atoms with Gasteiger partial charge < -0.3 is 5.32 Å². The highest BCUT2D eigenvalue weighted by atomic mass is 32.2. The first kappa shape index (κ1) is 24.5. The zero-order valence-electron chi connectivity index (χ0n) is 18.4. The topological polar surface area (TPSA) is 93.1 Å². The zero-order chi connectivity index (χ0) is 24.6. The fraction of sp³-hybridized carbons (Fsp3) is 0.273. The Hall–Kier alpha value is -3.18. The van der Waals surface area contributed by atoms with E-state index in [2.05, 4.69) is 15.1 Å². The van der Waals surface area contributed by atoms with Crippen molar-refractivity contribution < 1.29 is 26.4 Å². The van der Waals surface area contributed by atoms with E-state index in [0.717, 1.165) is 12.1 Å². The van der Waals surface area contributed by atoms with Gasteiger partial charge in [0.15, 0.2) is 0 Å². The number of aryl methyl sites for hydroxylation is 3. The number of sulfonamides is 1. The van der Waals surface area contributed by atoms with E-state index in [1.165, 1.54) is 28.9 Å². The number of nitrogens with one attached hydrogen (secondary N) is 2. The number of amides is 1. The maximum Gasteiger partial charge on any atom is 0.416 e. The van der Waals surface area contributed by atoms with Crippen molar-refractivity contribution in [2.75, 3.05) is 11.9 Å². The SMILES string of the molecule is CCNS(=O)(=O)c1ccc(C)c(C(=O)Nc2cc(C(F)(F)F)ccc2-n2nc(C)cc2C)c1. The Labute approximate surface area is 189 Å². The van der Waals surface area contributed by atoms with Gasteiger partial charge >= 0.3 is 6.18 Å². The number of hydrogen-bond donors (Lipinski definition) is 2. The minimum atomic E-state index is -4.62. The summed E-state index contributed by atoms with van der Waals surface area (Å²) in [5.41, 5.74) is 0.993. The molecule has 33 heavy (non-hydrogen) atoms. The van der Waals surface area contributed by atoms with Crippen LogP contribution in [-0.4, -0.2) is 30.7 Å². The lowest BCUT2D eigenvalue weighted by Gasteiger charge is -2.16. The van der Waals surface area contributed by atoms with E-state index in [0.29, 0.717) is 17.0 Å². The number of carbonyl (C=O) groups excluding carboxylic acids is 1. The van der Waals surface area contributed by atoms with Gasteiger partial charge in [0.25, 0.3) is 5.91 Å². The molecule has 1 amide bonds.